The molecule has 3 heteroatoms. The van der Waals surface area contributed by atoms with Crippen LogP contribution in [0.4, 0.5) is 0 Å². The van der Waals surface area contributed by atoms with Crippen LogP contribution in [0.2, 0.25) is 18.1 Å². The molecule has 15 heavy (non-hydrogen) atoms. The van der Waals surface area contributed by atoms with E-state index in [1.54, 1.807) is 6.92 Å². The van der Waals surface area contributed by atoms with Crippen molar-refractivity contribution >= 4 is 24.2 Å². The van der Waals surface area contributed by atoms with Crippen molar-refractivity contribution in [3.8, 4) is 0 Å². The lowest BCUT2D eigenvalue weighted by Crippen LogP contribution is -2.29. The summed E-state index contributed by atoms with van der Waals surface area (Å²) in [5.41, 5.74) is 0. The first-order chi connectivity index (χ1) is 6.38. The van der Waals surface area contributed by atoms with Crippen LogP contribution < -0.4 is 0 Å². The van der Waals surface area contributed by atoms with Crippen molar-refractivity contribution in [2.75, 3.05) is 0 Å². The number of ketones is 1. The number of carbonyl (C=O) groups excluding carboxylic acids is 1. The Morgan fingerprint density at radius 2 is 1.53 bits per heavy atom. The molecule has 0 N–H and O–H groups in total. The van der Waals surface area contributed by atoms with Gasteiger partial charge >= 0.3 is 0 Å². The molecule has 0 fully saturated rings. The van der Waals surface area contributed by atoms with Gasteiger partial charge in [-0.1, -0.05) is 47.7 Å². The maximum absolute atomic E-state index is 10.3. The monoisotopic (exact) mass is 250 g/mol. The SMILES string of the molecule is CC(=O)CC(C)C.CC(C)(C)[Si](C)(C)Cl. The Morgan fingerprint density at radius 1 is 1.27 bits per heavy atom. The fourth-order valence-electron chi connectivity index (χ4n) is 0.575. The molecule has 0 spiro atoms. The first kappa shape index (κ1) is 17.6. The van der Waals surface area contributed by atoms with Crippen LogP contribution in [0, 0.1) is 5.92 Å². The lowest BCUT2D eigenvalue weighted by Gasteiger charge is -2.29. The van der Waals surface area contributed by atoms with Crippen LogP contribution in [0.1, 0.15) is 48.0 Å². The van der Waals surface area contributed by atoms with E-state index in [2.05, 4.69) is 33.9 Å². The van der Waals surface area contributed by atoms with Gasteiger partial charge in [0.05, 0.1) is 0 Å². The van der Waals surface area contributed by atoms with Crippen LogP contribution in [0.25, 0.3) is 0 Å². The minimum atomic E-state index is -1.39. The molecule has 0 aromatic carbocycles. The van der Waals surface area contributed by atoms with E-state index in [-0.39, 0.29) is 5.78 Å². The summed E-state index contributed by atoms with van der Waals surface area (Å²) in [6, 6.07) is 0. The summed E-state index contributed by atoms with van der Waals surface area (Å²) in [6.45, 7) is 16.7. The molecule has 0 amide bonds. The highest BCUT2D eigenvalue weighted by molar-refractivity contribution is 7.20. The predicted octanol–water partition coefficient (Wildman–Crippen LogP) is 4.85. The molecule has 0 radical (unpaired) electrons. The Bertz CT molecular complexity index is 175. The smallest absolute Gasteiger partial charge is 0.155 e. The first-order valence-electron chi connectivity index (χ1n) is 5.56. The predicted molar refractivity (Wildman–Crippen MR) is 73.2 cm³/mol. The molecule has 0 aliphatic rings. The zero-order chi connectivity index (χ0) is 12.9. The number of halogens is 1. The molecule has 0 aliphatic heterocycles. The molecule has 0 rings (SSSR count). The van der Waals surface area contributed by atoms with Gasteiger partial charge in [0.25, 0.3) is 0 Å². The summed E-state index contributed by atoms with van der Waals surface area (Å²) < 4.78 is 0. The largest absolute Gasteiger partial charge is 0.300 e. The van der Waals surface area contributed by atoms with Crippen molar-refractivity contribution in [2.24, 2.45) is 5.92 Å². The van der Waals surface area contributed by atoms with Crippen LogP contribution in [0.3, 0.4) is 0 Å². The Kier molecular flexibility index (Phi) is 7.84. The lowest BCUT2D eigenvalue weighted by atomic mass is 10.1. The second-order valence-corrected chi connectivity index (χ2v) is 13.3. The highest BCUT2D eigenvalue weighted by Gasteiger charge is 2.32. The second kappa shape index (κ2) is 6.69. The number of hydrogen-bond donors (Lipinski definition) is 0. The number of rotatable bonds is 2. The average molecular weight is 251 g/mol. The van der Waals surface area contributed by atoms with E-state index in [0.29, 0.717) is 11.0 Å². The summed E-state index contributed by atoms with van der Waals surface area (Å²) >= 11 is 6.15. The second-order valence-electron chi connectivity index (χ2n) is 6.02. The van der Waals surface area contributed by atoms with E-state index in [4.69, 9.17) is 11.1 Å². The van der Waals surface area contributed by atoms with E-state index in [1.165, 1.54) is 0 Å². The summed E-state index contributed by atoms with van der Waals surface area (Å²) in [4.78, 5) is 10.3. The van der Waals surface area contributed by atoms with Crippen molar-refractivity contribution in [3.63, 3.8) is 0 Å². The van der Waals surface area contributed by atoms with Gasteiger partial charge in [0.1, 0.15) is 5.78 Å². The van der Waals surface area contributed by atoms with Crippen molar-refractivity contribution in [1.82, 2.24) is 0 Å². The highest BCUT2D eigenvalue weighted by Crippen LogP contribution is 2.38. The normalized spacial score (nSPS) is 12.1. The van der Waals surface area contributed by atoms with Crippen LogP contribution in [0.15, 0.2) is 0 Å². The molecule has 0 saturated heterocycles. The molecule has 0 bridgehead atoms. The van der Waals surface area contributed by atoms with E-state index in [1.807, 2.05) is 13.8 Å². The minimum absolute atomic E-state index is 0.287. The maximum Gasteiger partial charge on any atom is 0.155 e. The number of hydrogen-bond acceptors (Lipinski definition) is 1. The van der Waals surface area contributed by atoms with E-state index in [0.717, 1.165) is 6.42 Å². The van der Waals surface area contributed by atoms with E-state index < -0.39 is 7.38 Å². The Labute approximate surface area is 101 Å². The van der Waals surface area contributed by atoms with Gasteiger partial charge < -0.3 is 4.79 Å². The Balaban J connectivity index is 0. The van der Waals surface area contributed by atoms with E-state index in [9.17, 15) is 4.79 Å². The van der Waals surface area contributed by atoms with Crippen LogP contribution >= 0.6 is 11.1 Å². The molecule has 0 atom stereocenters. The number of Topliss-reactive ketones (excluding diaryl/α,β-unsaturated/α-hetero) is 1. The molecule has 1 nitrogen and oxygen atoms in total. The molecule has 0 unspecified atom stereocenters. The molecule has 92 valence electrons. The summed E-state index contributed by atoms with van der Waals surface area (Å²) in [5.74, 6) is 0.813. The molecular formula is C12H27ClOSi. The van der Waals surface area contributed by atoms with Gasteiger partial charge in [-0.3, -0.25) is 0 Å². The van der Waals surface area contributed by atoms with Crippen LogP contribution in [-0.2, 0) is 4.79 Å². The average Bonchev–Trinajstić information content (AvgIpc) is 1.78. The molecule has 0 heterocycles. The third-order valence-electron chi connectivity index (χ3n) is 2.48. The standard InChI is InChI=1S/C6H15ClSi.C6H12O/c1-6(2,3)8(4,5)7;1-5(2)4-6(3)7/h1-5H3;5H,4H2,1-3H3. The summed E-state index contributed by atoms with van der Waals surface area (Å²) in [7, 11) is -1.39. The van der Waals surface area contributed by atoms with Crippen molar-refractivity contribution in [3.05, 3.63) is 0 Å². The van der Waals surface area contributed by atoms with Gasteiger partial charge in [-0.05, 0) is 17.9 Å². The highest BCUT2D eigenvalue weighted by atomic mass is 35.6. The lowest BCUT2D eigenvalue weighted by molar-refractivity contribution is -0.117. The van der Waals surface area contributed by atoms with Crippen molar-refractivity contribution in [1.29, 1.82) is 0 Å². The minimum Gasteiger partial charge on any atom is -0.300 e. The van der Waals surface area contributed by atoms with Crippen molar-refractivity contribution in [2.45, 2.75) is 66.1 Å². The van der Waals surface area contributed by atoms with Crippen LogP contribution in [-0.4, -0.2) is 13.2 Å². The Morgan fingerprint density at radius 3 is 1.53 bits per heavy atom. The molecule has 0 saturated carbocycles. The third kappa shape index (κ3) is 12.1. The zero-order valence-electron chi connectivity index (χ0n) is 11.6. The zero-order valence-corrected chi connectivity index (χ0v) is 13.3. The maximum atomic E-state index is 10.3. The van der Waals surface area contributed by atoms with E-state index >= 15 is 0 Å². The van der Waals surface area contributed by atoms with Crippen LogP contribution in [0.5, 0.6) is 0 Å². The van der Waals surface area contributed by atoms with Gasteiger partial charge in [-0.15, -0.1) is 0 Å². The fraction of sp³-hybridized carbons (Fsp3) is 0.917. The van der Waals surface area contributed by atoms with Gasteiger partial charge in [0.2, 0.25) is 0 Å². The summed E-state index contributed by atoms with van der Waals surface area (Å²) in [6.07, 6.45) is 0.722. The van der Waals surface area contributed by atoms with Gasteiger partial charge in [0.15, 0.2) is 7.38 Å². The van der Waals surface area contributed by atoms with Gasteiger partial charge in [-0.2, -0.15) is 11.1 Å². The number of carbonyl (C=O) groups is 1. The topological polar surface area (TPSA) is 17.1 Å². The molecular weight excluding hydrogens is 224 g/mol. The third-order valence-corrected chi connectivity index (χ3v) is 7.75. The molecule has 0 aliphatic carbocycles. The Hall–Kier alpha value is 0.177. The first-order valence-corrected chi connectivity index (χ1v) is 9.57. The van der Waals surface area contributed by atoms with Gasteiger partial charge in [-0.25, -0.2) is 0 Å². The molecule has 0 aromatic rings. The molecule has 0 aromatic heterocycles. The quantitative estimate of drug-likeness (QED) is 0.506. The van der Waals surface area contributed by atoms with Crippen molar-refractivity contribution < 1.29 is 4.79 Å². The fourth-order valence-corrected chi connectivity index (χ4v) is 0.575. The van der Waals surface area contributed by atoms with Gasteiger partial charge in [0, 0.05) is 6.42 Å². The summed E-state index contributed by atoms with van der Waals surface area (Å²) in [5, 5.41) is 0.342.